The first-order chi connectivity index (χ1) is 28.2. The molecule has 0 N–H and O–H groups in total. The molecule has 9 heteroatoms. The molecule has 5 heterocycles. The van der Waals surface area contributed by atoms with E-state index in [9.17, 15) is 19.2 Å². The molecule has 4 fully saturated rings. The highest BCUT2D eigenvalue weighted by atomic mass is 16.6. The predicted molar refractivity (Wildman–Crippen MR) is 217 cm³/mol. The largest absolute Gasteiger partial charge is 0.449 e. The molecular formula is C49H41N3O6. The Morgan fingerprint density at radius 2 is 1.07 bits per heavy atom. The van der Waals surface area contributed by atoms with E-state index in [1.807, 2.05) is 101 Å². The van der Waals surface area contributed by atoms with Crippen LogP contribution in [0.1, 0.15) is 81.5 Å². The lowest BCUT2D eigenvalue weighted by atomic mass is 9.89. The Bertz CT molecular complexity index is 2730. The number of pyridine rings is 1. The summed E-state index contributed by atoms with van der Waals surface area (Å²) in [5, 5.41) is 3.38. The average molecular weight is 768 g/mol. The van der Waals surface area contributed by atoms with Gasteiger partial charge in [-0.2, -0.15) is 0 Å². The second-order valence-corrected chi connectivity index (χ2v) is 16.9. The van der Waals surface area contributed by atoms with Crippen molar-refractivity contribution in [2.24, 2.45) is 0 Å². The lowest BCUT2D eigenvalue weighted by Crippen LogP contribution is -2.40. The van der Waals surface area contributed by atoms with Gasteiger partial charge in [0.1, 0.15) is 0 Å². The number of rotatable bonds is 4. The van der Waals surface area contributed by atoms with E-state index in [1.165, 1.54) is 5.39 Å². The molecule has 288 valence electrons. The van der Waals surface area contributed by atoms with Crippen molar-refractivity contribution in [2.45, 2.75) is 60.6 Å². The van der Waals surface area contributed by atoms with Crippen molar-refractivity contribution in [1.82, 2.24) is 14.8 Å². The van der Waals surface area contributed by atoms with Crippen LogP contribution in [0.2, 0.25) is 0 Å². The smallest absolute Gasteiger partial charge is 0.339 e. The molecule has 5 aromatic carbocycles. The zero-order chi connectivity index (χ0) is 39.3. The van der Waals surface area contributed by atoms with Gasteiger partial charge in [0.25, 0.3) is 0 Å². The molecule has 12 rings (SSSR count). The lowest BCUT2D eigenvalue weighted by Gasteiger charge is -2.27. The van der Waals surface area contributed by atoms with Crippen LogP contribution >= 0.6 is 0 Å². The summed E-state index contributed by atoms with van der Waals surface area (Å²) in [4.78, 5) is 60.1. The highest BCUT2D eigenvalue weighted by Gasteiger charge is 2.59. The molecule has 58 heavy (non-hydrogen) atoms. The first-order valence-corrected chi connectivity index (χ1v) is 20.3. The number of esters is 2. The molecule has 6 aromatic rings. The highest BCUT2D eigenvalue weighted by molar-refractivity contribution is 5.99. The predicted octanol–water partition coefficient (Wildman–Crippen LogP) is 7.73. The van der Waals surface area contributed by atoms with Crippen molar-refractivity contribution in [3.8, 4) is 0 Å². The molecule has 2 aliphatic carbocycles. The number of fused-ring (bicyclic) bond motifs is 6. The second kappa shape index (κ2) is 12.6. The van der Waals surface area contributed by atoms with Gasteiger partial charge in [0.15, 0.2) is 11.2 Å². The number of amides is 2. The minimum absolute atomic E-state index is 0.151. The van der Waals surface area contributed by atoms with Crippen LogP contribution in [0.4, 0.5) is 0 Å². The summed E-state index contributed by atoms with van der Waals surface area (Å²) in [5.74, 6) is -0.229. The monoisotopic (exact) mass is 767 g/mol. The molecule has 4 aliphatic heterocycles. The number of carbonyl (C=O) groups excluding carboxylic acids is 4. The summed E-state index contributed by atoms with van der Waals surface area (Å²) in [5.41, 5.74) is 3.99. The van der Waals surface area contributed by atoms with Gasteiger partial charge >= 0.3 is 11.9 Å². The molecule has 2 saturated heterocycles. The number of benzene rings is 5. The maximum Gasteiger partial charge on any atom is 0.339 e. The van der Waals surface area contributed by atoms with Crippen molar-refractivity contribution >= 4 is 45.4 Å². The Labute approximate surface area is 335 Å². The average Bonchev–Trinajstić information content (AvgIpc) is 4.12. The first-order valence-electron chi connectivity index (χ1n) is 20.3. The number of carbonyl (C=O) groups is 4. The Balaban J connectivity index is 0.000000133. The molecule has 1 aromatic heterocycles. The summed E-state index contributed by atoms with van der Waals surface area (Å²) in [6.45, 7) is 2.11. The number of nitrogens with zero attached hydrogens (tertiary/aromatic N) is 3. The van der Waals surface area contributed by atoms with Gasteiger partial charge in [-0.3, -0.25) is 14.6 Å². The summed E-state index contributed by atoms with van der Waals surface area (Å²) >= 11 is 0. The van der Waals surface area contributed by atoms with Gasteiger partial charge in [-0.15, -0.1) is 0 Å². The third-order valence-corrected chi connectivity index (χ3v) is 13.7. The van der Waals surface area contributed by atoms with E-state index in [0.29, 0.717) is 50.1 Å². The van der Waals surface area contributed by atoms with Crippen molar-refractivity contribution in [3.05, 3.63) is 161 Å². The number of likely N-dealkylation sites (tertiary alicyclic amines) is 2. The fourth-order valence-electron chi connectivity index (χ4n) is 10.3. The molecule has 2 amide bonds. The lowest BCUT2D eigenvalue weighted by molar-refractivity contribution is -0.134. The summed E-state index contributed by atoms with van der Waals surface area (Å²) in [6, 6.07) is 39.7. The van der Waals surface area contributed by atoms with E-state index in [2.05, 4.69) is 35.3 Å². The zero-order valence-electron chi connectivity index (χ0n) is 32.0. The molecular weight excluding hydrogens is 727 g/mol. The minimum Gasteiger partial charge on any atom is -0.449 e. The quantitative estimate of drug-likeness (QED) is 0.169. The van der Waals surface area contributed by atoms with E-state index < -0.39 is 22.0 Å². The molecule has 9 nitrogen and oxygen atoms in total. The van der Waals surface area contributed by atoms with Gasteiger partial charge in [-0.05, 0) is 77.9 Å². The minimum atomic E-state index is -0.688. The Morgan fingerprint density at radius 1 is 0.534 bits per heavy atom. The van der Waals surface area contributed by atoms with Gasteiger partial charge in [0.05, 0.1) is 40.6 Å². The topological polar surface area (TPSA) is 106 Å². The number of aromatic nitrogens is 1. The molecule has 0 radical (unpaired) electrons. The van der Waals surface area contributed by atoms with Crippen LogP contribution in [0.3, 0.4) is 0 Å². The van der Waals surface area contributed by atoms with Crippen LogP contribution < -0.4 is 0 Å². The van der Waals surface area contributed by atoms with Crippen molar-refractivity contribution in [1.29, 1.82) is 0 Å². The number of hydrogen-bond acceptors (Lipinski definition) is 7. The third-order valence-electron chi connectivity index (χ3n) is 13.7. The maximum atomic E-state index is 13.7. The van der Waals surface area contributed by atoms with Crippen LogP contribution in [0.5, 0.6) is 0 Å². The van der Waals surface area contributed by atoms with Crippen LogP contribution in [0, 0.1) is 0 Å². The van der Waals surface area contributed by atoms with Crippen molar-refractivity contribution < 1.29 is 28.7 Å². The van der Waals surface area contributed by atoms with Gasteiger partial charge < -0.3 is 19.3 Å². The highest BCUT2D eigenvalue weighted by Crippen LogP contribution is 2.54. The number of hydrogen-bond donors (Lipinski definition) is 0. The molecule has 0 bridgehead atoms. The van der Waals surface area contributed by atoms with Gasteiger partial charge in [-0.1, -0.05) is 91.0 Å². The first kappa shape index (κ1) is 34.9. The van der Waals surface area contributed by atoms with Gasteiger partial charge in [-0.25, -0.2) is 9.59 Å². The fraction of sp³-hybridized carbons (Fsp3) is 0.286. The van der Waals surface area contributed by atoms with E-state index in [4.69, 9.17) is 9.47 Å². The SMILES string of the molecule is O=C1OC2(CCN(C(=O)C3(c4ccc5ncccc5c4)CC3)C2)c2ccccc21.O=C1OC2(CCN(C(=O)C3(c4cccc5ccccc45)CC3)C2)c2ccccc21. The van der Waals surface area contributed by atoms with Crippen LogP contribution in [0.25, 0.3) is 21.7 Å². The molecule has 2 spiro atoms. The van der Waals surface area contributed by atoms with Crippen LogP contribution in [0.15, 0.2) is 128 Å². The van der Waals surface area contributed by atoms with E-state index in [1.54, 1.807) is 6.20 Å². The van der Waals surface area contributed by atoms with E-state index >= 15 is 0 Å². The zero-order valence-corrected chi connectivity index (χ0v) is 32.0. The normalized spacial score (nSPS) is 24.0. The Hall–Kier alpha value is -6.35. The van der Waals surface area contributed by atoms with Gasteiger partial charge in [0, 0.05) is 48.6 Å². The molecule has 2 unspecified atom stereocenters. The molecule has 2 atom stereocenters. The number of ether oxygens (including phenoxy) is 2. The Kier molecular flexibility index (Phi) is 7.56. The van der Waals surface area contributed by atoms with E-state index in [0.717, 1.165) is 64.2 Å². The van der Waals surface area contributed by atoms with Crippen molar-refractivity contribution in [2.75, 3.05) is 26.2 Å². The molecule has 2 saturated carbocycles. The van der Waals surface area contributed by atoms with Crippen molar-refractivity contribution in [3.63, 3.8) is 0 Å². The van der Waals surface area contributed by atoms with Crippen LogP contribution in [-0.4, -0.2) is 64.7 Å². The fourth-order valence-corrected chi connectivity index (χ4v) is 10.3. The Morgan fingerprint density at radius 3 is 1.71 bits per heavy atom. The summed E-state index contributed by atoms with van der Waals surface area (Å²) in [7, 11) is 0. The van der Waals surface area contributed by atoms with Gasteiger partial charge in [0.2, 0.25) is 11.8 Å². The summed E-state index contributed by atoms with van der Waals surface area (Å²) in [6.07, 6.45) is 6.56. The third kappa shape index (κ3) is 5.18. The van der Waals surface area contributed by atoms with E-state index in [-0.39, 0.29) is 23.8 Å². The maximum absolute atomic E-state index is 13.7. The van der Waals surface area contributed by atoms with Crippen LogP contribution in [-0.2, 0) is 41.1 Å². The second-order valence-electron chi connectivity index (χ2n) is 16.9. The standard InChI is InChI=1S/C25H21NO3.C24H20N2O3/c27-22-19-9-3-4-10-21(19)25(29-22)14-15-26(16-25)23(28)24(12-13-24)20-11-5-7-17-6-1-2-8-18(17)20;27-21-18-5-1-2-6-19(18)24(29-21)11-13-26(15-24)22(28)23(9-10-23)17-7-8-20-16(14-17)4-3-12-25-20/h1-11H,12-16H2;1-8,12,14H,9-11,13,15H2. The molecule has 6 aliphatic rings. The summed E-state index contributed by atoms with van der Waals surface area (Å²) < 4.78 is 11.7.